The first kappa shape index (κ1) is 10.8. The highest BCUT2D eigenvalue weighted by atomic mass is 16.5. The lowest BCUT2D eigenvalue weighted by molar-refractivity contribution is -0.153. The van der Waals surface area contributed by atoms with Crippen molar-refractivity contribution in [1.82, 2.24) is 9.55 Å². The van der Waals surface area contributed by atoms with Gasteiger partial charge in [-0.3, -0.25) is 4.57 Å². The molecule has 1 aromatic heterocycles. The van der Waals surface area contributed by atoms with Gasteiger partial charge in [0.1, 0.15) is 0 Å². The van der Waals surface area contributed by atoms with Crippen molar-refractivity contribution in [2.45, 2.75) is 18.4 Å². The Morgan fingerprint density at radius 1 is 1.50 bits per heavy atom. The summed E-state index contributed by atoms with van der Waals surface area (Å²) in [5, 5.41) is 9.32. The molecule has 86 valence electrons. The first-order valence-corrected chi connectivity index (χ1v) is 5.02. The standard InChI is InChI=1S/C10H12N2O4/c13-8(14)10(2-6-16-7-3-10)12-5-1-4-11-9(12)15/h1,4-5H,2-3,6-7H2,(H,13,14). The van der Waals surface area contributed by atoms with E-state index in [1.165, 1.54) is 17.0 Å². The van der Waals surface area contributed by atoms with Gasteiger partial charge in [-0.2, -0.15) is 0 Å². The van der Waals surface area contributed by atoms with Crippen LogP contribution in [-0.2, 0) is 15.1 Å². The average molecular weight is 224 g/mol. The zero-order valence-corrected chi connectivity index (χ0v) is 8.63. The Kier molecular flexibility index (Phi) is 2.74. The molecule has 0 saturated carbocycles. The van der Waals surface area contributed by atoms with E-state index in [1.807, 2.05) is 0 Å². The maximum Gasteiger partial charge on any atom is 0.348 e. The second kappa shape index (κ2) is 4.05. The fourth-order valence-electron chi connectivity index (χ4n) is 1.95. The van der Waals surface area contributed by atoms with Crippen LogP contribution in [0.3, 0.4) is 0 Å². The molecule has 16 heavy (non-hydrogen) atoms. The Morgan fingerprint density at radius 3 is 2.75 bits per heavy atom. The fourth-order valence-corrected chi connectivity index (χ4v) is 1.95. The van der Waals surface area contributed by atoms with Gasteiger partial charge in [-0.1, -0.05) is 0 Å². The Hall–Kier alpha value is -1.69. The van der Waals surface area contributed by atoms with Crippen molar-refractivity contribution in [1.29, 1.82) is 0 Å². The van der Waals surface area contributed by atoms with Crippen LogP contribution in [-0.4, -0.2) is 33.8 Å². The number of aromatic nitrogens is 2. The predicted octanol–water partition coefficient (Wildman–Crippen LogP) is -0.166. The van der Waals surface area contributed by atoms with Crippen molar-refractivity contribution in [2.24, 2.45) is 0 Å². The molecule has 6 heteroatoms. The zero-order valence-electron chi connectivity index (χ0n) is 8.63. The molecule has 0 amide bonds. The van der Waals surface area contributed by atoms with E-state index in [1.54, 1.807) is 6.07 Å². The van der Waals surface area contributed by atoms with Gasteiger partial charge in [0, 0.05) is 38.4 Å². The number of carbonyl (C=O) groups is 1. The van der Waals surface area contributed by atoms with Gasteiger partial charge < -0.3 is 9.84 Å². The minimum Gasteiger partial charge on any atom is -0.479 e. The Morgan fingerprint density at radius 2 is 2.19 bits per heavy atom. The Balaban J connectivity index is 2.51. The number of hydrogen-bond acceptors (Lipinski definition) is 4. The molecule has 1 aliphatic heterocycles. The Bertz CT molecular complexity index is 448. The zero-order chi connectivity index (χ0) is 11.6. The monoisotopic (exact) mass is 224 g/mol. The maximum absolute atomic E-state index is 11.6. The van der Waals surface area contributed by atoms with Crippen LogP contribution in [0.15, 0.2) is 23.3 Å². The molecule has 0 spiro atoms. The van der Waals surface area contributed by atoms with Gasteiger partial charge in [-0.05, 0) is 6.07 Å². The molecule has 1 saturated heterocycles. The normalized spacial score (nSPS) is 19.2. The summed E-state index contributed by atoms with van der Waals surface area (Å²) in [4.78, 5) is 26.5. The predicted molar refractivity (Wildman–Crippen MR) is 54.2 cm³/mol. The number of carboxylic acids is 1. The molecule has 1 N–H and O–H groups in total. The van der Waals surface area contributed by atoms with E-state index in [0.717, 1.165) is 0 Å². The van der Waals surface area contributed by atoms with Crippen LogP contribution in [0.1, 0.15) is 12.8 Å². The smallest absolute Gasteiger partial charge is 0.348 e. The van der Waals surface area contributed by atoms with E-state index >= 15 is 0 Å². The van der Waals surface area contributed by atoms with Gasteiger partial charge in [0.15, 0.2) is 5.54 Å². The summed E-state index contributed by atoms with van der Waals surface area (Å²) in [7, 11) is 0. The number of hydrogen-bond donors (Lipinski definition) is 1. The number of ether oxygens (including phenoxy) is 1. The molecule has 0 bridgehead atoms. The van der Waals surface area contributed by atoms with Crippen LogP contribution < -0.4 is 5.69 Å². The average Bonchev–Trinajstić information content (AvgIpc) is 2.30. The van der Waals surface area contributed by atoms with Crippen molar-refractivity contribution in [3.8, 4) is 0 Å². The molecular weight excluding hydrogens is 212 g/mol. The number of rotatable bonds is 2. The fraction of sp³-hybridized carbons (Fsp3) is 0.500. The van der Waals surface area contributed by atoms with Crippen molar-refractivity contribution < 1.29 is 14.6 Å². The summed E-state index contributed by atoms with van der Waals surface area (Å²) in [6.45, 7) is 0.682. The summed E-state index contributed by atoms with van der Waals surface area (Å²) in [6.07, 6.45) is 3.39. The maximum atomic E-state index is 11.6. The van der Waals surface area contributed by atoms with E-state index in [2.05, 4.69) is 4.98 Å². The third-order valence-corrected chi connectivity index (χ3v) is 2.89. The number of nitrogens with zero attached hydrogens (tertiary/aromatic N) is 2. The van der Waals surface area contributed by atoms with Gasteiger partial charge in [-0.15, -0.1) is 0 Å². The number of aliphatic carboxylic acids is 1. The molecule has 2 rings (SSSR count). The third kappa shape index (κ3) is 1.61. The molecule has 0 radical (unpaired) electrons. The molecule has 0 unspecified atom stereocenters. The van der Waals surface area contributed by atoms with Gasteiger partial charge in [0.05, 0.1) is 0 Å². The lowest BCUT2D eigenvalue weighted by atomic mass is 9.90. The Labute approximate surface area is 91.5 Å². The van der Waals surface area contributed by atoms with E-state index < -0.39 is 17.2 Å². The van der Waals surface area contributed by atoms with Gasteiger partial charge in [0.2, 0.25) is 0 Å². The SMILES string of the molecule is O=C(O)C1(n2cccnc2=O)CCOCC1. The molecular formula is C10H12N2O4. The first-order chi connectivity index (χ1) is 7.67. The lowest BCUT2D eigenvalue weighted by Gasteiger charge is -2.34. The van der Waals surface area contributed by atoms with Crippen LogP contribution in [0.25, 0.3) is 0 Å². The summed E-state index contributed by atoms with van der Waals surface area (Å²) in [5.74, 6) is -1.01. The second-order valence-electron chi connectivity index (χ2n) is 3.72. The largest absolute Gasteiger partial charge is 0.479 e. The van der Waals surface area contributed by atoms with Gasteiger partial charge >= 0.3 is 11.7 Å². The molecule has 0 atom stereocenters. The van der Waals surface area contributed by atoms with Crippen LogP contribution in [0, 0.1) is 0 Å². The molecule has 2 heterocycles. The van der Waals surface area contributed by atoms with Crippen LogP contribution in [0.4, 0.5) is 0 Å². The van der Waals surface area contributed by atoms with E-state index in [4.69, 9.17) is 4.74 Å². The summed E-state index contributed by atoms with van der Waals surface area (Å²) in [6, 6.07) is 1.56. The quantitative estimate of drug-likeness (QED) is 0.754. The van der Waals surface area contributed by atoms with Crippen molar-refractivity contribution in [3.63, 3.8) is 0 Å². The first-order valence-electron chi connectivity index (χ1n) is 5.02. The van der Waals surface area contributed by atoms with Gasteiger partial charge in [0.25, 0.3) is 0 Å². The summed E-state index contributed by atoms with van der Waals surface area (Å²) >= 11 is 0. The topological polar surface area (TPSA) is 81.4 Å². The van der Waals surface area contributed by atoms with Crippen LogP contribution >= 0.6 is 0 Å². The van der Waals surface area contributed by atoms with E-state index in [-0.39, 0.29) is 12.8 Å². The third-order valence-electron chi connectivity index (χ3n) is 2.89. The van der Waals surface area contributed by atoms with E-state index in [9.17, 15) is 14.7 Å². The van der Waals surface area contributed by atoms with Crippen molar-refractivity contribution in [2.75, 3.05) is 13.2 Å². The highest BCUT2D eigenvalue weighted by Gasteiger charge is 2.42. The highest BCUT2D eigenvalue weighted by Crippen LogP contribution is 2.27. The van der Waals surface area contributed by atoms with Crippen molar-refractivity contribution in [3.05, 3.63) is 28.9 Å². The molecule has 1 aromatic rings. The van der Waals surface area contributed by atoms with Crippen molar-refractivity contribution >= 4 is 5.97 Å². The summed E-state index contributed by atoms with van der Waals surface area (Å²) < 4.78 is 6.33. The molecule has 0 aromatic carbocycles. The molecule has 1 aliphatic rings. The number of carboxylic acid groups (broad SMARTS) is 1. The molecule has 6 nitrogen and oxygen atoms in total. The molecule has 0 aliphatic carbocycles. The minimum absolute atomic E-state index is 0.286. The van der Waals surface area contributed by atoms with Crippen LogP contribution in [0.5, 0.6) is 0 Å². The minimum atomic E-state index is -1.20. The van der Waals surface area contributed by atoms with Crippen LogP contribution in [0.2, 0.25) is 0 Å². The highest BCUT2D eigenvalue weighted by molar-refractivity contribution is 5.76. The van der Waals surface area contributed by atoms with E-state index in [0.29, 0.717) is 13.2 Å². The lowest BCUT2D eigenvalue weighted by Crippen LogP contribution is -2.51. The second-order valence-corrected chi connectivity index (χ2v) is 3.72. The molecule has 1 fully saturated rings. The summed E-state index contributed by atoms with van der Waals surface area (Å²) in [5.41, 5.74) is -1.74. The van der Waals surface area contributed by atoms with Gasteiger partial charge in [-0.25, -0.2) is 14.6 Å².